The van der Waals surface area contributed by atoms with Crippen LogP contribution in [0.2, 0.25) is 0 Å². The van der Waals surface area contributed by atoms with Crippen molar-refractivity contribution in [1.29, 1.82) is 0 Å². The summed E-state index contributed by atoms with van der Waals surface area (Å²) in [5, 5.41) is 2.87. The minimum Gasteiger partial charge on any atom is -0.251 e. The average molecular weight is 544 g/mol. The van der Waals surface area contributed by atoms with Gasteiger partial charge in [-0.1, -0.05) is 159 Å². The molecule has 3 heteroatoms. The van der Waals surface area contributed by atoms with Crippen LogP contribution in [-0.4, -0.2) is 11.0 Å². The molecule has 1 heterocycles. The minimum absolute atomic E-state index is 0.358. The predicted molar refractivity (Wildman–Crippen MR) is 171 cm³/mol. The Kier molecular flexibility index (Phi) is 8.32. The Morgan fingerprint density at radius 1 is 0.538 bits per heavy atom. The molecule has 2 atom stereocenters. The van der Waals surface area contributed by atoms with Gasteiger partial charge in [0.25, 0.3) is 0 Å². The number of nitrogens with zero attached hydrogens (tertiary/aromatic N) is 1. The maximum atomic E-state index is 2.98. The first-order chi connectivity index (χ1) is 19.4. The summed E-state index contributed by atoms with van der Waals surface area (Å²) < 4.78 is 2.98. The molecular formula is C36H35NP2. The Labute approximate surface area is 236 Å². The molecule has 0 bridgehead atoms. The van der Waals surface area contributed by atoms with Gasteiger partial charge in [0.05, 0.1) is 0 Å². The fraction of sp³-hybridized carbons (Fsp3) is 0.167. The molecule has 1 nitrogen and oxygen atoms in total. The topological polar surface area (TPSA) is 3.24 Å². The van der Waals surface area contributed by atoms with Gasteiger partial charge in [-0.15, -0.1) is 0 Å². The Balaban J connectivity index is 1.60. The fourth-order valence-corrected chi connectivity index (χ4v) is 13.2. The summed E-state index contributed by atoms with van der Waals surface area (Å²) in [7, 11) is -1.36. The van der Waals surface area contributed by atoms with Gasteiger partial charge >= 0.3 is 0 Å². The molecule has 39 heavy (non-hydrogen) atoms. The van der Waals surface area contributed by atoms with Crippen molar-refractivity contribution < 1.29 is 0 Å². The van der Waals surface area contributed by atoms with Gasteiger partial charge in [0.1, 0.15) is 0 Å². The second kappa shape index (κ2) is 12.4. The SMILES string of the molecule is CCCCN(P(c1ccccc1)c1ccccc1)P1[C@H](c2ccccc2)c2ccccc2[C@H]1c1ccccc1. The molecule has 0 N–H and O–H groups in total. The second-order valence-electron chi connectivity index (χ2n) is 10.1. The van der Waals surface area contributed by atoms with Crippen LogP contribution in [0, 0.1) is 0 Å². The lowest BCUT2D eigenvalue weighted by Crippen LogP contribution is -2.28. The second-order valence-corrected chi connectivity index (χ2v) is 14.8. The summed E-state index contributed by atoms with van der Waals surface area (Å²) in [5.74, 6) is 0. The average Bonchev–Trinajstić information content (AvgIpc) is 3.36. The molecule has 1 aliphatic rings. The Morgan fingerprint density at radius 3 is 1.33 bits per heavy atom. The van der Waals surface area contributed by atoms with E-state index in [1.807, 2.05) is 0 Å². The Hall–Kier alpha value is -3.08. The van der Waals surface area contributed by atoms with E-state index in [2.05, 4.69) is 157 Å². The zero-order chi connectivity index (χ0) is 26.4. The van der Waals surface area contributed by atoms with Crippen molar-refractivity contribution >= 4 is 26.8 Å². The minimum atomic E-state index is -0.711. The Morgan fingerprint density at radius 2 is 0.923 bits per heavy atom. The van der Waals surface area contributed by atoms with Crippen molar-refractivity contribution in [3.8, 4) is 0 Å². The molecule has 194 valence electrons. The fourth-order valence-electron chi connectivity index (χ4n) is 5.82. The number of hydrogen-bond acceptors (Lipinski definition) is 1. The van der Waals surface area contributed by atoms with Gasteiger partial charge in [-0.05, 0) is 47.4 Å². The molecule has 0 saturated carbocycles. The van der Waals surface area contributed by atoms with Crippen molar-refractivity contribution in [3.63, 3.8) is 0 Å². The van der Waals surface area contributed by atoms with Crippen molar-refractivity contribution in [2.45, 2.75) is 31.1 Å². The van der Waals surface area contributed by atoms with Gasteiger partial charge in [-0.2, -0.15) is 0 Å². The molecule has 5 aromatic rings. The van der Waals surface area contributed by atoms with Crippen molar-refractivity contribution in [1.82, 2.24) is 4.44 Å². The lowest BCUT2D eigenvalue weighted by Gasteiger charge is -2.42. The first kappa shape index (κ1) is 26.2. The molecule has 0 radical (unpaired) electrons. The van der Waals surface area contributed by atoms with Crippen LogP contribution in [0.5, 0.6) is 0 Å². The number of benzene rings is 5. The van der Waals surface area contributed by atoms with E-state index < -0.39 is 16.1 Å². The van der Waals surface area contributed by atoms with Gasteiger partial charge in [0.2, 0.25) is 0 Å². The van der Waals surface area contributed by atoms with Crippen molar-refractivity contribution in [3.05, 3.63) is 168 Å². The van der Waals surface area contributed by atoms with E-state index in [1.54, 1.807) is 0 Å². The highest BCUT2D eigenvalue weighted by atomic mass is 31.2. The van der Waals surface area contributed by atoms with E-state index in [0.717, 1.165) is 6.54 Å². The quantitative estimate of drug-likeness (QED) is 0.167. The molecule has 0 fully saturated rings. The third-order valence-corrected chi connectivity index (χ3v) is 13.9. The van der Waals surface area contributed by atoms with E-state index in [0.29, 0.717) is 11.3 Å². The van der Waals surface area contributed by atoms with Crippen LogP contribution in [0.15, 0.2) is 146 Å². The zero-order valence-corrected chi connectivity index (χ0v) is 24.3. The summed E-state index contributed by atoms with van der Waals surface area (Å²) in [6.45, 7) is 3.42. The van der Waals surface area contributed by atoms with E-state index >= 15 is 0 Å². The summed E-state index contributed by atoms with van der Waals surface area (Å²) in [4.78, 5) is 0. The van der Waals surface area contributed by atoms with Crippen LogP contribution in [0.4, 0.5) is 0 Å². The van der Waals surface area contributed by atoms with Crippen molar-refractivity contribution in [2.75, 3.05) is 6.54 Å². The molecule has 6 rings (SSSR count). The molecule has 0 spiro atoms. The largest absolute Gasteiger partial charge is 0.251 e. The van der Waals surface area contributed by atoms with E-state index in [9.17, 15) is 0 Å². The van der Waals surface area contributed by atoms with Crippen LogP contribution in [0.25, 0.3) is 0 Å². The molecule has 0 saturated heterocycles. The Bertz CT molecular complexity index is 1350. The van der Waals surface area contributed by atoms with Crippen LogP contribution in [0.3, 0.4) is 0 Å². The van der Waals surface area contributed by atoms with Gasteiger partial charge in [0, 0.05) is 25.9 Å². The molecular weight excluding hydrogens is 508 g/mol. The maximum absolute atomic E-state index is 2.98. The molecule has 0 aliphatic carbocycles. The highest BCUT2D eigenvalue weighted by Crippen LogP contribution is 2.77. The normalized spacial score (nSPS) is 17.0. The first-order valence-corrected chi connectivity index (χ1v) is 16.7. The monoisotopic (exact) mass is 543 g/mol. The number of rotatable bonds is 9. The van der Waals surface area contributed by atoms with Crippen LogP contribution in [-0.2, 0) is 0 Å². The lowest BCUT2D eigenvalue weighted by atomic mass is 9.95. The summed E-state index contributed by atoms with van der Waals surface area (Å²) in [6, 6.07) is 54.4. The van der Waals surface area contributed by atoms with Gasteiger partial charge in [-0.3, -0.25) is 4.44 Å². The van der Waals surface area contributed by atoms with Crippen LogP contribution < -0.4 is 10.6 Å². The zero-order valence-electron chi connectivity index (χ0n) is 22.5. The van der Waals surface area contributed by atoms with Crippen molar-refractivity contribution in [2.24, 2.45) is 0 Å². The van der Waals surface area contributed by atoms with E-state index in [-0.39, 0.29) is 0 Å². The van der Waals surface area contributed by atoms with Gasteiger partial charge in [-0.25, -0.2) is 0 Å². The third-order valence-electron chi connectivity index (χ3n) is 7.56. The van der Waals surface area contributed by atoms with Crippen LogP contribution >= 0.6 is 16.1 Å². The van der Waals surface area contributed by atoms with E-state index in [4.69, 9.17) is 0 Å². The smallest absolute Gasteiger partial charge is 0.0438 e. The third kappa shape index (κ3) is 5.37. The van der Waals surface area contributed by atoms with E-state index in [1.165, 1.54) is 45.7 Å². The molecule has 1 aliphatic heterocycles. The molecule has 0 aromatic heterocycles. The number of unbranched alkanes of at least 4 members (excludes halogenated alkanes) is 1. The summed E-state index contributed by atoms with van der Waals surface area (Å²) in [5.41, 5.74) is 6.59. The van der Waals surface area contributed by atoms with Crippen LogP contribution in [0.1, 0.15) is 53.3 Å². The molecule has 0 unspecified atom stereocenters. The summed E-state index contributed by atoms with van der Waals surface area (Å²) >= 11 is 0. The number of hydrogen-bond donors (Lipinski definition) is 0. The molecule has 0 amide bonds. The lowest BCUT2D eigenvalue weighted by molar-refractivity contribution is 0.633. The van der Waals surface area contributed by atoms with Gasteiger partial charge < -0.3 is 0 Å². The highest BCUT2D eigenvalue weighted by molar-refractivity contribution is 7.79. The van der Waals surface area contributed by atoms with Gasteiger partial charge in [0.15, 0.2) is 0 Å². The summed E-state index contributed by atoms with van der Waals surface area (Å²) in [6.07, 6.45) is 2.38. The number of fused-ring (bicyclic) bond motifs is 1. The standard InChI is InChI=1S/C36H35NP2/c1-2-3-28-37(38(31-22-12-6-13-23-31)32-24-14-7-15-25-32)39-35(29-18-8-4-9-19-29)33-26-16-17-27-34(33)36(39)30-20-10-5-11-21-30/h4-27,35-36H,2-3,28H2,1H3/t35-,36-/m1/s1. The predicted octanol–water partition coefficient (Wildman–Crippen LogP) is 9.43. The first-order valence-electron chi connectivity index (χ1n) is 14.0. The molecule has 5 aromatic carbocycles. The highest BCUT2D eigenvalue weighted by Gasteiger charge is 2.47. The maximum Gasteiger partial charge on any atom is 0.0438 e.